The quantitative estimate of drug-likeness (QED) is 0.446. The van der Waals surface area contributed by atoms with Gasteiger partial charge in [0.15, 0.2) is 12.6 Å². The third-order valence-corrected chi connectivity index (χ3v) is 4.26. The molecule has 5 N–H and O–H groups in total. The standard InChI is InChI=1S/C14H27NO8/c1-6-7(16)4-8(17)13(21-6)23-12-10(15)14(20-3)22-9(5-19-2)11(12)18/h6-14,16-18H,4-5,15H2,1-3H3/t6-,7+,8+,9-,10-,11+,12-,13+,14-/m1/s1. The zero-order chi connectivity index (χ0) is 17.1. The molecule has 2 aliphatic heterocycles. The van der Waals surface area contributed by atoms with E-state index in [0.29, 0.717) is 0 Å². The third kappa shape index (κ3) is 4.19. The topological polar surface area (TPSA) is 133 Å². The lowest BCUT2D eigenvalue weighted by Gasteiger charge is -2.45. The zero-order valence-corrected chi connectivity index (χ0v) is 13.6. The van der Waals surface area contributed by atoms with Crippen LogP contribution in [0.5, 0.6) is 0 Å². The molecule has 0 radical (unpaired) electrons. The van der Waals surface area contributed by atoms with Crippen molar-refractivity contribution in [1.82, 2.24) is 0 Å². The van der Waals surface area contributed by atoms with Gasteiger partial charge in [0, 0.05) is 20.6 Å². The van der Waals surface area contributed by atoms with Gasteiger partial charge in [-0.3, -0.25) is 0 Å². The van der Waals surface area contributed by atoms with Crippen LogP contribution >= 0.6 is 0 Å². The number of rotatable bonds is 5. The van der Waals surface area contributed by atoms with Crippen LogP contribution in [0.4, 0.5) is 0 Å². The number of aliphatic hydroxyl groups excluding tert-OH is 3. The summed E-state index contributed by atoms with van der Waals surface area (Å²) in [5.74, 6) is 0. The van der Waals surface area contributed by atoms with E-state index in [-0.39, 0.29) is 13.0 Å². The van der Waals surface area contributed by atoms with Gasteiger partial charge in [-0.2, -0.15) is 0 Å². The Morgan fingerprint density at radius 1 is 1.09 bits per heavy atom. The first kappa shape index (κ1) is 19.0. The predicted octanol–water partition coefficient (Wildman–Crippen LogP) is -2.07. The van der Waals surface area contributed by atoms with Gasteiger partial charge in [-0.15, -0.1) is 0 Å². The molecule has 2 fully saturated rings. The minimum absolute atomic E-state index is 0.121. The average Bonchev–Trinajstić information content (AvgIpc) is 2.51. The van der Waals surface area contributed by atoms with Crippen molar-refractivity contribution >= 4 is 0 Å². The van der Waals surface area contributed by atoms with E-state index in [0.717, 1.165) is 0 Å². The Morgan fingerprint density at radius 2 is 1.78 bits per heavy atom. The van der Waals surface area contributed by atoms with Crippen LogP contribution in [-0.2, 0) is 23.7 Å². The molecule has 2 heterocycles. The molecule has 0 saturated carbocycles. The zero-order valence-electron chi connectivity index (χ0n) is 13.6. The summed E-state index contributed by atoms with van der Waals surface area (Å²) >= 11 is 0. The molecular formula is C14H27NO8. The second-order valence-electron chi connectivity index (χ2n) is 5.98. The fourth-order valence-corrected chi connectivity index (χ4v) is 2.84. The van der Waals surface area contributed by atoms with E-state index < -0.39 is 55.2 Å². The molecule has 9 nitrogen and oxygen atoms in total. The van der Waals surface area contributed by atoms with Crippen LogP contribution in [-0.4, -0.2) is 91.4 Å². The molecule has 2 rings (SSSR count). The monoisotopic (exact) mass is 337 g/mol. The van der Waals surface area contributed by atoms with Crippen LogP contribution in [0.1, 0.15) is 13.3 Å². The van der Waals surface area contributed by atoms with E-state index in [4.69, 9.17) is 29.4 Å². The number of hydrogen-bond donors (Lipinski definition) is 4. The molecule has 23 heavy (non-hydrogen) atoms. The van der Waals surface area contributed by atoms with Crippen LogP contribution in [0.2, 0.25) is 0 Å². The van der Waals surface area contributed by atoms with E-state index in [1.807, 2.05) is 0 Å². The first-order valence-corrected chi connectivity index (χ1v) is 7.67. The maximum atomic E-state index is 10.4. The Labute approximate surface area is 135 Å². The highest BCUT2D eigenvalue weighted by atomic mass is 16.7. The Hall–Kier alpha value is -0.360. The van der Waals surface area contributed by atoms with Crippen molar-refractivity contribution in [1.29, 1.82) is 0 Å². The molecule has 0 aromatic rings. The van der Waals surface area contributed by atoms with Crippen molar-refractivity contribution < 1.29 is 39.0 Å². The van der Waals surface area contributed by atoms with Gasteiger partial charge >= 0.3 is 0 Å². The highest BCUT2D eigenvalue weighted by molar-refractivity contribution is 4.94. The van der Waals surface area contributed by atoms with Gasteiger partial charge in [0.05, 0.1) is 24.9 Å². The number of nitrogens with two attached hydrogens (primary N) is 1. The van der Waals surface area contributed by atoms with E-state index in [9.17, 15) is 15.3 Å². The molecule has 9 atom stereocenters. The lowest BCUT2D eigenvalue weighted by molar-refractivity contribution is -0.323. The lowest BCUT2D eigenvalue weighted by Crippen LogP contribution is -2.65. The van der Waals surface area contributed by atoms with Crippen molar-refractivity contribution in [3.05, 3.63) is 0 Å². The molecule has 0 aliphatic carbocycles. The van der Waals surface area contributed by atoms with Crippen LogP contribution < -0.4 is 5.73 Å². The minimum atomic E-state index is -1.07. The summed E-state index contributed by atoms with van der Waals surface area (Å²) in [6, 6.07) is -0.777. The van der Waals surface area contributed by atoms with Crippen LogP contribution in [0, 0.1) is 0 Å². The minimum Gasteiger partial charge on any atom is -0.390 e. The summed E-state index contributed by atoms with van der Waals surface area (Å²) in [7, 11) is 2.92. The van der Waals surface area contributed by atoms with Gasteiger partial charge in [0.2, 0.25) is 0 Å². The van der Waals surface area contributed by atoms with E-state index in [2.05, 4.69) is 0 Å². The molecule has 0 aromatic carbocycles. The third-order valence-electron chi connectivity index (χ3n) is 4.26. The summed E-state index contributed by atoms with van der Waals surface area (Å²) in [6.07, 6.45) is -6.59. The smallest absolute Gasteiger partial charge is 0.184 e. The van der Waals surface area contributed by atoms with Crippen LogP contribution in [0.25, 0.3) is 0 Å². The summed E-state index contributed by atoms with van der Waals surface area (Å²) in [5, 5.41) is 30.2. The Kier molecular flexibility index (Phi) is 6.72. The molecular weight excluding hydrogens is 310 g/mol. The fraction of sp³-hybridized carbons (Fsp3) is 1.00. The van der Waals surface area contributed by atoms with Crippen LogP contribution in [0.3, 0.4) is 0 Å². The van der Waals surface area contributed by atoms with Crippen molar-refractivity contribution in [2.75, 3.05) is 20.8 Å². The lowest BCUT2D eigenvalue weighted by atomic mass is 9.97. The Bertz CT molecular complexity index is 373. The number of aliphatic hydroxyl groups is 3. The highest BCUT2D eigenvalue weighted by Gasteiger charge is 2.47. The summed E-state index contributed by atoms with van der Waals surface area (Å²) < 4.78 is 26.9. The van der Waals surface area contributed by atoms with Crippen molar-refractivity contribution in [2.45, 2.75) is 68.6 Å². The van der Waals surface area contributed by atoms with Crippen molar-refractivity contribution in [3.63, 3.8) is 0 Å². The van der Waals surface area contributed by atoms with Gasteiger partial charge in [-0.05, 0) is 6.92 Å². The van der Waals surface area contributed by atoms with Gasteiger partial charge in [-0.25, -0.2) is 0 Å². The molecule has 9 heteroatoms. The molecule has 2 aliphatic rings. The summed E-state index contributed by atoms with van der Waals surface area (Å²) in [5.41, 5.74) is 6.04. The van der Waals surface area contributed by atoms with Crippen LogP contribution in [0.15, 0.2) is 0 Å². The van der Waals surface area contributed by atoms with E-state index >= 15 is 0 Å². The number of ether oxygens (including phenoxy) is 5. The predicted molar refractivity (Wildman–Crippen MR) is 77.4 cm³/mol. The molecule has 2 saturated heterocycles. The van der Waals surface area contributed by atoms with Gasteiger partial charge in [-0.1, -0.05) is 0 Å². The molecule has 0 bridgehead atoms. The maximum absolute atomic E-state index is 10.4. The van der Waals surface area contributed by atoms with Crippen molar-refractivity contribution in [3.8, 4) is 0 Å². The summed E-state index contributed by atoms with van der Waals surface area (Å²) in [6.45, 7) is 1.82. The Balaban J connectivity index is 2.08. The molecule has 0 amide bonds. The first-order chi connectivity index (χ1) is 10.9. The average molecular weight is 337 g/mol. The number of hydrogen-bond acceptors (Lipinski definition) is 9. The van der Waals surface area contributed by atoms with E-state index in [1.165, 1.54) is 14.2 Å². The maximum Gasteiger partial charge on any atom is 0.184 e. The molecule has 0 spiro atoms. The molecule has 136 valence electrons. The second kappa shape index (κ2) is 8.15. The highest BCUT2D eigenvalue weighted by Crippen LogP contribution is 2.28. The fourth-order valence-electron chi connectivity index (χ4n) is 2.84. The van der Waals surface area contributed by atoms with Gasteiger partial charge in [0.1, 0.15) is 24.4 Å². The second-order valence-corrected chi connectivity index (χ2v) is 5.98. The first-order valence-electron chi connectivity index (χ1n) is 7.67. The van der Waals surface area contributed by atoms with Gasteiger partial charge < -0.3 is 44.7 Å². The van der Waals surface area contributed by atoms with E-state index in [1.54, 1.807) is 6.92 Å². The SMILES string of the molecule is COC[C@H]1O[C@@H](OC)[C@H](N)[C@@H](O[C@@H]2O[C@H](C)[C@@H](O)C[C@@H]2O)[C@H]1O. The normalized spacial score (nSPS) is 48.4. The largest absolute Gasteiger partial charge is 0.390 e. The van der Waals surface area contributed by atoms with Crippen molar-refractivity contribution in [2.24, 2.45) is 5.73 Å². The molecule has 0 aromatic heterocycles. The molecule has 0 unspecified atom stereocenters. The summed E-state index contributed by atoms with van der Waals surface area (Å²) in [4.78, 5) is 0. The Morgan fingerprint density at radius 3 is 2.39 bits per heavy atom. The number of methoxy groups -OCH3 is 2. The van der Waals surface area contributed by atoms with Gasteiger partial charge in [0.25, 0.3) is 0 Å².